The average molecular weight is 354 g/mol. The van der Waals surface area contributed by atoms with Gasteiger partial charge in [0.2, 0.25) is 5.78 Å². The number of aliphatic hydroxyl groups is 2. The van der Waals surface area contributed by atoms with E-state index in [0.717, 1.165) is 5.56 Å². The van der Waals surface area contributed by atoms with Crippen molar-refractivity contribution in [3.8, 4) is 0 Å². The van der Waals surface area contributed by atoms with Crippen LogP contribution in [0.25, 0.3) is 0 Å². The Labute approximate surface area is 149 Å². The van der Waals surface area contributed by atoms with E-state index in [4.69, 9.17) is 9.15 Å². The molecule has 2 N–H and O–H groups in total. The van der Waals surface area contributed by atoms with Crippen LogP contribution in [0.1, 0.15) is 68.2 Å². The fraction of sp³-hybridized carbons (Fsp3) is 0.400. The van der Waals surface area contributed by atoms with Crippen molar-refractivity contribution in [2.75, 3.05) is 7.11 Å². The van der Waals surface area contributed by atoms with Gasteiger partial charge in [0, 0.05) is 35.8 Å². The van der Waals surface area contributed by atoms with Crippen molar-refractivity contribution in [3.05, 3.63) is 57.5 Å². The summed E-state index contributed by atoms with van der Waals surface area (Å²) in [5.41, 5.74) is 2.44. The Bertz CT molecular complexity index is 986. The van der Waals surface area contributed by atoms with Crippen molar-refractivity contribution in [1.82, 2.24) is 0 Å². The number of Topliss-reactive ketones (excluding diaryl/α,β-unsaturated/α-hetero) is 1. The zero-order chi connectivity index (χ0) is 18.4. The Kier molecular flexibility index (Phi) is 3.01. The van der Waals surface area contributed by atoms with Crippen LogP contribution in [0.4, 0.5) is 0 Å². The molecule has 26 heavy (non-hydrogen) atoms. The minimum Gasteiger partial charge on any atom is -0.460 e. The number of carbonyl (C=O) groups is 2. The number of methoxy groups -OCH3 is 1. The van der Waals surface area contributed by atoms with Gasteiger partial charge >= 0.3 is 0 Å². The third kappa shape index (κ3) is 1.58. The molecule has 0 fully saturated rings. The van der Waals surface area contributed by atoms with E-state index in [1.807, 2.05) is 6.92 Å². The molecule has 0 radical (unpaired) electrons. The lowest BCUT2D eigenvalue weighted by atomic mass is 9.59. The smallest absolute Gasteiger partial charge is 0.229 e. The first kappa shape index (κ1) is 15.9. The number of hydrogen-bond donors (Lipinski definition) is 2. The summed E-state index contributed by atoms with van der Waals surface area (Å²) in [6, 6.07) is 3.50. The van der Waals surface area contributed by atoms with Gasteiger partial charge in [0.05, 0.1) is 17.8 Å². The first-order valence-electron chi connectivity index (χ1n) is 8.66. The van der Waals surface area contributed by atoms with Crippen LogP contribution in [0, 0.1) is 0 Å². The van der Waals surface area contributed by atoms with E-state index < -0.39 is 23.7 Å². The van der Waals surface area contributed by atoms with Crippen molar-refractivity contribution < 1.29 is 29.0 Å². The maximum absolute atomic E-state index is 13.2. The van der Waals surface area contributed by atoms with Gasteiger partial charge in [-0.2, -0.15) is 0 Å². The largest absolute Gasteiger partial charge is 0.460 e. The van der Waals surface area contributed by atoms with Crippen molar-refractivity contribution in [2.24, 2.45) is 0 Å². The number of ketones is 2. The van der Waals surface area contributed by atoms with Gasteiger partial charge < -0.3 is 19.4 Å². The molecule has 1 aromatic heterocycles. The third-order valence-electron chi connectivity index (χ3n) is 6.35. The number of hydrogen-bond acceptors (Lipinski definition) is 6. The molecule has 0 bridgehead atoms. The summed E-state index contributed by atoms with van der Waals surface area (Å²) in [5, 5.41) is 21.7. The molecule has 6 nitrogen and oxygen atoms in total. The maximum atomic E-state index is 13.2. The van der Waals surface area contributed by atoms with E-state index in [-0.39, 0.29) is 17.3 Å². The predicted octanol–water partition coefficient (Wildman–Crippen LogP) is 1.68. The first-order valence-corrected chi connectivity index (χ1v) is 8.66. The van der Waals surface area contributed by atoms with E-state index >= 15 is 0 Å². The second-order valence-electron chi connectivity index (χ2n) is 7.45. The van der Waals surface area contributed by atoms with Gasteiger partial charge in [-0.3, -0.25) is 9.59 Å². The Morgan fingerprint density at radius 2 is 2.00 bits per heavy atom. The Morgan fingerprint density at radius 3 is 2.73 bits per heavy atom. The third-order valence-corrected chi connectivity index (χ3v) is 6.35. The summed E-state index contributed by atoms with van der Waals surface area (Å²) < 4.78 is 10.9. The average Bonchev–Trinajstić information content (AvgIpc) is 3.23. The molecular formula is C20H18O6. The fourth-order valence-corrected chi connectivity index (χ4v) is 5.02. The molecule has 0 spiro atoms. The zero-order valence-corrected chi connectivity index (χ0v) is 14.4. The van der Waals surface area contributed by atoms with Gasteiger partial charge in [-0.05, 0) is 24.5 Å². The highest BCUT2D eigenvalue weighted by molar-refractivity contribution is 6.15. The molecule has 134 valence electrons. The fourth-order valence-electron chi connectivity index (χ4n) is 5.02. The Balaban J connectivity index is 1.87. The summed E-state index contributed by atoms with van der Waals surface area (Å²) in [6.45, 7) is 1.84. The van der Waals surface area contributed by atoms with E-state index in [1.54, 1.807) is 12.1 Å². The lowest BCUT2D eigenvalue weighted by Gasteiger charge is -2.47. The second kappa shape index (κ2) is 4.91. The Hall–Kier alpha value is -2.28. The number of carbonyl (C=O) groups excluding carboxylic acids is 2. The molecule has 0 amide bonds. The van der Waals surface area contributed by atoms with Gasteiger partial charge in [-0.15, -0.1) is 0 Å². The van der Waals surface area contributed by atoms with Gasteiger partial charge in [-0.25, -0.2) is 0 Å². The highest BCUT2D eigenvalue weighted by Crippen LogP contribution is 2.54. The van der Waals surface area contributed by atoms with E-state index in [9.17, 15) is 19.8 Å². The lowest BCUT2D eigenvalue weighted by Crippen LogP contribution is -2.55. The van der Waals surface area contributed by atoms with Gasteiger partial charge in [0.1, 0.15) is 12.2 Å². The minimum atomic E-state index is -1.08. The molecule has 0 saturated heterocycles. The number of benzene rings is 1. The molecule has 6 heteroatoms. The summed E-state index contributed by atoms with van der Waals surface area (Å²) in [6.07, 6.45) is -0.744. The van der Waals surface area contributed by atoms with Crippen LogP contribution in [0.15, 0.2) is 22.8 Å². The van der Waals surface area contributed by atoms with Crippen LogP contribution in [0.2, 0.25) is 0 Å². The molecule has 0 aliphatic heterocycles. The summed E-state index contributed by atoms with van der Waals surface area (Å²) >= 11 is 0. The van der Waals surface area contributed by atoms with Crippen molar-refractivity contribution in [1.29, 1.82) is 0 Å². The quantitative estimate of drug-likeness (QED) is 0.809. The molecular weight excluding hydrogens is 336 g/mol. The van der Waals surface area contributed by atoms with Crippen molar-refractivity contribution >= 4 is 11.6 Å². The van der Waals surface area contributed by atoms with Crippen LogP contribution in [-0.2, 0) is 16.6 Å². The number of furan rings is 1. The highest BCUT2D eigenvalue weighted by Gasteiger charge is 2.57. The monoisotopic (exact) mass is 354 g/mol. The van der Waals surface area contributed by atoms with Gasteiger partial charge in [-0.1, -0.05) is 12.1 Å². The number of rotatable bonds is 1. The first-order chi connectivity index (χ1) is 12.4. The summed E-state index contributed by atoms with van der Waals surface area (Å²) in [5.74, 6) is -0.128. The van der Waals surface area contributed by atoms with Gasteiger partial charge in [0.15, 0.2) is 11.5 Å². The molecule has 1 heterocycles. The number of fused-ring (bicyclic) bond motifs is 4. The molecule has 3 aliphatic carbocycles. The standard InChI is InChI=1S/C20H18O6/c1-20-11-5-3-8-9(4-6-12(8)21)13(11)16(23)17-14(20)10(7-26-17)15(22)18(25-2)19(20)24/h3,5,7,15,18-19,22,24H,4,6H2,1-2H3/t15-,18-,19-,20-/m1/s1. The van der Waals surface area contributed by atoms with Crippen LogP contribution < -0.4 is 0 Å². The SMILES string of the molecule is CO[C@@H]1[C@H](O)c2coc3c2[C@@](C)(c2ccc4c(c2C3=O)CCC4=O)[C@@H]1O. The summed E-state index contributed by atoms with van der Waals surface area (Å²) in [4.78, 5) is 25.3. The molecule has 5 rings (SSSR count). The topological polar surface area (TPSA) is 97.0 Å². The predicted molar refractivity (Wildman–Crippen MR) is 89.5 cm³/mol. The molecule has 0 saturated carbocycles. The van der Waals surface area contributed by atoms with Crippen LogP contribution in [0.3, 0.4) is 0 Å². The van der Waals surface area contributed by atoms with E-state index in [2.05, 4.69) is 0 Å². The normalized spacial score (nSPS) is 31.6. The maximum Gasteiger partial charge on any atom is 0.229 e. The van der Waals surface area contributed by atoms with Crippen molar-refractivity contribution in [2.45, 2.75) is 43.5 Å². The van der Waals surface area contributed by atoms with E-state index in [1.165, 1.54) is 13.4 Å². The van der Waals surface area contributed by atoms with Crippen LogP contribution in [0.5, 0.6) is 0 Å². The Morgan fingerprint density at radius 1 is 1.23 bits per heavy atom. The van der Waals surface area contributed by atoms with Crippen LogP contribution >= 0.6 is 0 Å². The number of ether oxygens (including phenoxy) is 1. The zero-order valence-electron chi connectivity index (χ0n) is 14.4. The van der Waals surface area contributed by atoms with E-state index in [0.29, 0.717) is 40.7 Å². The van der Waals surface area contributed by atoms with Crippen LogP contribution in [-0.4, -0.2) is 41.1 Å². The number of aliphatic hydroxyl groups excluding tert-OH is 2. The minimum absolute atomic E-state index is 0.0288. The second-order valence-corrected chi connectivity index (χ2v) is 7.45. The molecule has 1 aromatic carbocycles. The molecule has 3 aliphatic rings. The van der Waals surface area contributed by atoms with Crippen molar-refractivity contribution in [3.63, 3.8) is 0 Å². The summed E-state index contributed by atoms with van der Waals surface area (Å²) in [7, 11) is 1.43. The molecule has 4 atom stereocenters. The lowest BCUT2D eigenvalue weighted by molar-refractivity contribution is -0.112. The molecule has 0 unspecified atom stereocenters. The highest BCUT2D eigenvalue weighted by atomic mass is 16.5. The van der Waals surface area contributed by atoms with Gasteiger partial charge in [0.25, 0.3) is 0 Å². The molecule has 2 aromatic rings.